The first-order valence-corrected chi connectivity index (χ1v) is 9.47. The van der Waals surface area contributed by atoms with Crippen LogP contribution in [0.5, 0.6) is 5.75 Å². The third-order valence-corrected chi connectivity index (χ3v) is 4.26. The first-order valence-electron chi connectivity index (χ1n) is 9.09. The van der Waals surface area contributed by atoms with Crippen molar-refractivity contribution in [3.63, 3.8) is 0 Å². The van der Waals surface area contributed by atoms with E-state index in [0.717, 1.165) is 17.7 Å². The lowest BCUT2D eigenvalue weighted by Gasteiger charge is -2.11. The van der Waals surface area contributed by atoms with Crippen molar-refractivity contribution < 1.29 is 23.9 Å². The summed E-state index contributed by atoms with van der Waals surface area (Å²) in [6, 6.07) is 12.2. The summed E-state index contributed by atoms with van der Waals surface area (Å²) in [4.78, 5) is 35.9. The molecule has 2 aromatic rings. The van der Waals surface area contributed by atoms with E-state index in [0.29, 0.717) is 16.5 Å². The van der Waals surface area contributed by atoms with Crippen LogP contribution in [0.3, 0.4) is 0 Å². The van der Waals surface area contributed by atoms with Gasteiger partial charge in [-0.1, -0.05) is 36.7 Å². The molecular weight excluding hydrogens is 396 g/mol. The highest BCUT2D eigenvalue weighted by molar-refractivity contribution is 6.31. The molecule has 0 bridgehead atoms. The number of carbonyl (C=O) groups is 3. The predicted molar refractivity (Wildman–Crippen MR) is 111 cm³/mol. The average Bonchev–Trinajstić information content (AvgIpc) is 2.71. The quantitative estimate of drug-likeness (QED) is 0.604. The van der Waals surface area contributed by atoms with Crippen LogP contribution in [0.15, 0.2) is 42.5 Å². The predicted octanol–water partition coefficient (Wildman–Crippen LogP) is 3.81. The maximum absolute atomic E-state index is 12.0. The minimum Gasteiger partial charge on any atom is -0.495 e. The molecule has 0 aliphatic carbocycles. The number of hydrogen-bond acceptors (Lipinski definition) is 5. The highest BCUT2D eigenvalue weighted by Gasteiger charge is 2.13. The number of para-hydroxylation sites is 1. The summed E-state index contributed by atoms with van der Waals surface area (Å²) in [5.41, 5.74) is 2.11. The molecule has 154 valence electrons. The Morgan fingerprint density at radius 1 is 0.966 bits per heavy atom. The normalized spacial score (nSPS) is 10.2. The van der Waals surface area contributed by atoms with Gasteiger partial charge in [0.25, 0.3) is 5.91 Å². The largest absolute Gasteiger partial charge is 0.495 e. The Hall–Kier alpha value is -3.06. The van der Waals surface area contributed by atoms with Crippen LogP contribution in [0.4, 0.5) is 11.4 Å². The van der Waals surface area contributed by atoms with Crippen LogP contribution in [0.1, 0.15) is 25.3 Å². The minimum absolute atomic E-state index is 0.0411. The number of esters is 1. The van der Waals surface area contributed by atoms with Gasteiger partial charge in [0.15, 0.2) is 6.61 Å². The van der Waals surface area contributed by atoms with E-state index in [9.17, 15) is 14.4 Å². The van der Waals surface area contributed by atoms with Crippen molar-refractivity contribution in [1.29, 1.82) is 0 Å². The van der Waals surface area contributed by atoms with Gasteiger partial charge in [0.2, 0.25) is 5.91 Å². The SMILES string of the molecule is CCc1ccccc1NC(=O)CCC(=O)OCC(=O)Nc1cc(Cl)ccc1OC. The van der Waals surface area contributed by atoms with E-state index in [1.165, 1.54) is 13.2 Å². The molecule has 0 aliphatic rings. The topological polar surface area (TPSA) is 93.7 Å². The summed E-state index contributed by atoms with van der Waals surface area (Å²) in [6.07, 6.45) is 0.611. The Labute approximate surface area is 174 Å². The van der Waals surface area contributed by atoms with Crippen LogP contribution in [0.25, 0.3) is 0 Å². The molecule has 2 aromatic carbocycles. The van der Waals surface area contributed by atoms with Gasteiger partial charge >= 0.3 is 5.97 Å². The number of benzene rings is 2. The minimum atomic E-state index is -0.642. The van der Waals surface area contributed by atoms with Crippen molar-refractivity contribution in [2.75, 3.05) is 24.4 Å². The third-order valence-electron chi connectivity index (χ3n) is 4.03. The van der Waals surface area contributed by atoms with Gasteiger partial charge in [-0.25, -0.2) is 0 Å². The van der Waals surface area contributed by atoms with Crippen LogP contribution < -0.4 is 15.4 Å². The lowest BCUT2D eigenvalue weighted by molar-refractivity contribution is -0.147. The van der Waals surface area contributed by atoms with Crippen molar-refractivity contribution in [3.05, 3.63) is 53.1 Å². The van der Waals surface area contributed by atoms with E-state index >= 15 is 0 Å². The van der Waals surface area contributed by atoms with Gasteiger partial charge < -0.3 is 20.1 Å². The summed E-state index contributed by atoms with van der Waals surface area (Å²) in [5, 5.41) is 5.77. The maximum Gasteiger partial charge on any atom is 0.306 e. The van der Waals surface area contributed by atoms with Gasteiger partial charge in [0.05, 0.1) is 19.2 Å². The van der Waals surface area contributed by atoms with E-state index in [-0.39, 0.29) is 18.7 Å². The molecule has 7 nitrogen and oxygen atoms in total. The molecule has 0 spiro atoms. The molecular formula is C21H23ClN2O5. The van der Waals surface area contributed by atoms with E-state index in [4.69, 9.17) is 21.1 Å². The van der Waals surface area contributed by atoms with Gasteiger partial charge in [0, 0.05) is 17.1 Å². The lowest BCUT2D eigenvalue weighted by Crippen LogP contribution is -2.22. The summed E-state index contributed by atoms with van der Waals surface area (Å²) < 4.78 is 10.1. The number of hydrogen-bond donors (Lipinski definition) is 2. The van der Waals surface area contributed by atoms with Crippen LogP contribution in [-0.4, -0.2) is 31.5 Å². The van der Waals surface area contributed by atoms with Crippen molar-refractivity contribution in [2.45, 2.75) is 26.2 Å². The molecule has 2 N–H and O–H groups in total. The Kier molecular flexibility index (Phi) is 8.48. The molecule has 8 heteroatoms. The average molecular weight is 419 g/mol. The smallest absolute Gasteiger partial charge is 0.306 e. The molecule has 0 unspecified atom stereocenters. The lowest BCUT2D eigenvalue weighted by atomic mass is 10.1. The van der Waals surface area contributed by atoms with E-state index in [1.54, 1.807) is 12.1 Å². The van der Waals surface area contributed by atoms with Gasteiger partial charge in [-0.2, -0.15) is 0 Å². The summed E-state index contributed by atoms with van der Waals surface area (Å²) >= 11 is 5.90. The number of aryl methyl sites for hydroxylation is 1. The molecule has 0 saturated heterocycles. The first-order chi connectivity index (χ1) is 13.9. The molecule has 0 saturated carbocycles. The molecule has 2 amide bonds. The number of carbonyl (C=O) groups excluding carboxylic acids is 3. The van der Waals surface area contributed by atoms with Crippen molar-refractivity contribution in [1.82, 2.24) is 0 Å². The van der Waals surface area contributed by atoms with Crippen molar-refractivity contribution >= 4 is 40.8 Å². The number of ether oxygens (including phenoxy) is 2. The number of amides is 2. The van der Waals surface area contributed by atoms with E-state index in [1.807, 2.05) is 31.2 Å². The molecule has 29 heavy (non-hydrogen) atoms. The van der Waals surface area contributed by atoms with Crippen LogP contribution in [0, 0.1) is 0 Å². The Morgan fingerprint density at radius 2 is 1.69 bits per heavy atom. The molecule has 0 aromatic heterocycles. The molecule has 0 radical (unpaired) electrons. The highest BCUT2D eigenvalue weighted by atomic mass is 35.5. The molecule has 2 rings (SSSR count). The van der Waals surface area contributed by atoms with Crippen LogP contribution >= 0.6 is 11.6 Å². The Balaban J connectivity index is 1.76. The fourth-order valence-corrected chi connectivity index (χ4v) is 2.73. The summed E-state index contributed by atoms with van der Waals surface area (Å²) in [5.74, 6) is -1.05. The fraction of sp³-hybridized carbons (Fsp3) is 0.286. The second-order valence-electron chi connectivity index (χ2n) is 6.11. The van der Waals surface area contributed by atoms with Gasteiger partial charge in [-0.15, -0.1) is 0 Å². The van der Waals surface area contributed by atoms with Crippen molar-refractivity contribution in [3.8, 4) is 5.75 Å². The van der Waals surface area contributed by atoms with E-state index in [2.05, 4.69) is 10.6 Å². The zero-order chi connectivity index (χ0) is 21.2. The molecule has 0 atom stereocenters. The second-order valence-corrected chi connectivity index (χ2v) is 6.55. The zero-order valence-electron chi connectivity index (χ0n) is 16.3. The molecule has 0 fully saturated rings. The third kappa shape index (κ3) is 7.12. The van der Waals surface area contributed by atoms with E-state index < -0.39 is 18.5 Å². The second kappa shape index (κ2) is 11.1. The van der Waals surface area contributed by atoms with Crippen LogP contribution in [-0.2, 0) is 25.5 Å². The number of halogens is 1. The monoisotopic (exact) mass is 418 g/mol. The standard InChI is InChI=1S/C21H23ClN2O5/c1-3-14-6-4-5-7-16(14)23-19(25)10-11-21(27)29-13-20(26)24-17-12-15(22)8-9-18(17)28-2/h4-9,12H,3,10-11,13H2,1-2H3,(H,23,25)(H,24,26). The Bertz CT molecular complexity index is 885. The first kappa shape index (κ1) is 22.2. The highest BCUT2D eigenvalue weighted by Crippen LogP contribution is 2.27. The number of nitrogens with one attached hydrogen (secondary N) is 2. The molecule has 0 heterocycles. The summed E-state index contributed by atoms with van der Waals surface area (Å²) in [6.45, 7) is 1.52. The maximum atomic E-state index is 12.0. The van der Waals surface area contributed by atoms with Gasteiger partial charge in [-0.05, 0) is 36.2 Å². The molecule has 0 aliphatic heterocycles. The van der Waals surface area contributed by atoms with Crippen molar-refractivity contribution in [2.24, 2.45) is 0 Å². The fourth-order valence-electron chi connectivity index (χ4n) is 2.56. The number of rotatable bonds is 9. The number of anilines is 2. The van der Waals surface area contributed by atoms with Gasteiger partial charge in [0.1, 0.15) is 5.75 Å². The number of methoxy groups -OCH3 is 1. The van der Waals surface area contributed by atoms with Gasteiger partial charge in [-0.3, -0.25) is 14.4 Å². The summed E-state index contributed by atoms with van der Waals surface area (Å²) in [7, 11) is 1.46. The Morgan fingerprint density at radius 3 is 2.41 bits per heavy atom. The zero-order valence-corrected chi connectivity index (χ0v) is 17.0. The van der Waals surface area contributed by atoms with Crippen LogP contribution in [0.2, 0.25) is 5.02 Å².